The van der Waals surface area contributed by atoms with Gasteiger partial charge in [-0.15, -0.1) is 11.6 Å². The van der Waals surface area contributed by atoms with E-state index in [-0.39, 0.29) is 17.0 Å². The lowest BCUT2D eigenvalue weighted by Crippen LogP contribution is -2.24. The summed E-state index contributed by atoms with van der Waals surface area (Å²) in [6.07, 6.45) is 0.303. The van der Waals surface area contributed by atoms with Crippen molar-refractivity contribution in [2.75, 3.05) is 11.4 Å². The number of non-ortho nitro benzene ring substituents is 1. The van der Waals surface area contributed by atoms with Crippen molar-refractivity contribution in [1.82, 2.24) is 4.98 Å². The zero-order valence-corrected chi connectivity index (χ0v) is 11.1. The van der Waals surface area contributed by atoms with E-state index in [1.54, 1.807) is 6.07 Å². The Morgan fingerprint density at radius 1 is 1.53 bits per heavy atom. The van der Waals surface area contributed by atoms with E-state index >= 15 is 0 Å². The topological polar surface area (TPSA) is 76.3 Å². The lowest BCUT2D eigenvalue weighted by Gasteiger charge is -2.10. The van der Waals surface area contributed by atoms with Crippen LogP contribution in [0.4, 0.5) is 10.8 Å². The number of nitrogens with zero attached hydrogens (tertiary/aromatic N) is 3. The normalized spacial score (nSPS) is 19.3. The number of hydrogen-bond donors (Lipinski definition) is 0. The lowest BCUT2D eigenvalue weighted by molar-refractivity contribution is -0.384. The highest BCUT2D eigenvalue weighted by Gasteiger charge is 2.31. The number of benzene rings is 1. The summed E-state index contributed by atoms with van der Waals surface area (Å²) in [7, 11) is 0. The molecule has 0 saturated carbocycles. The minimum Gasteiger partial charge on any atom is -0.287 e. The molecule has 1 aromatic heterocycles. The number of carbonyl (C=O) groups excluding carboxylic acids is 1. The maximum atomic E-state index is 11.7. The smallest absolute Gasteiger partial charge is 0.271 e. The van der Waals surface area contributed by atoms with Crippen molar-refractivity contribution in [2.24, 2.45) is 0 Å². The molecular formula is C11H8ClN3O3S. The molecule has 2 heterocycles. The number of halogens is 1. The molecule has 1 atom stereocenters. The van der Waals surface area contributed by atoms with Gasteiger partial charge in [-0.05, 0) is 6.07 Å². The molecule has 1 unspecified atom stereocenters. The fourth-order valence-corrected chi connectivity index (χ4v) is 3.22. The highest BCUT2D eigenvalue weighted by molar-refractivity contribution is 7.22. The first-order chi connectivity index (χ1) is 9.04. The van der Waals surface area contributed by atoms with Crippen molar-refractivity contribution >= 4 is 49.9 Å². The van der Waals surface area contributed by atoms with Crippen LogP contribution in [0.5, 0.6) is 0 Å². The summed E-state index contributed by atoms with van der Waals surface area (Å²) in [4.78, 5) is 27.8. The average molecular weight is 298 g/mol. The molecule has 6 nitrogen and oxygen atoms in total. The second-order valence-electron chi connectivity index (χ2n) is 4.21. The summed E-state index contributed by atoms with van der Waals surface area (Å²) in [6, 6.07) is 4.49. The standard InChI is InChI=1S/C11H8ClN3O3S/c12-6-3-10(16)14(5-6)11-13-8-4-7(15(17)18)1-2-9(8)19-11/h1-2,4,6H,3,5H2. The molecule has 1 aliphatic rings. The molecule has 0 radical (unpaired) electrons. The number of rotatable bonds is 2. The van der Waals surface area contributed by atoms with Crippen LogP contribution >= 0.6 is 22.9 Å². The number of anilines is 1. The van der Waals surface area contributed by atoms with Gasteiger partial charge >= 0.3 is 0 Å². The second kappa shape index (κ2) is 4.43. The number of aromatic nitrogens is 1. The van der Waals surface area contributed by atoms with Gasteiger partial charge in [-0.3, -0.25) is 19.8 Å². The van der Waals surface area contributed by atoms with Crippen LogP contribution in [-0.2, 0) is 4.79 Å². The van der Waals surface area contributed by atoms with Gasteiger partial charge in [0, 0.05) is 25.1 Å². The Morgan fingerprint density at radius 3 is 2.95 bits per heavy atom. The first kappa shape index (κ1) is 12.3. The predicted octanol–water partition coefficient (Wildman–Crippen LogP) is 2.55. The van der Waals surface area contributed by atoms with Gasteiger partial charge < -0.3 is 0 Å². The Hall–Kier alpha value is -1.73. The third kappa shape index (κ3) is 2.15. The summed E-state index contributed by atoms with van der Waals surface area (Å²) < 4.78 is 0.812. The van der Waals surface area contributed by atoms with E-state index in [9.17, 15) is 14.9 Å². The fourth-order valence-electron chi connectivity index (χ4n) is 1.98. The number of fused-ring (bicyclic) bond motifs is 1. The van der Waals surface area contributed by atoms with E-state index in [1.807, 2.05) is 0 Å². The van der Waals surface area contributed by atoms with Crippen molar-refractivity contribution < 1.29 is 9.72 Å². The van der Waals surface area contributed by atoms with Gasteiger partial charge in [0.25, 0.3) is 5.69 Å². The molecule has 8 heteroatoms. The SMILES string of the molecule is O=C1CC(Cl)CN1c1nc2cc([N+](=O)[O-])ccc2s1. The highest BCUT2D eigenvalue weighted by Crippen LogP contribution is 2.33. The van der Waals surface area contributed by atoms with Gasteiger partial charge in [-0.1, -0.05) is 11.3 Å². The summed E-state index contributed by atoms with van der Waals surface area (Å²) in [6.45, 7) is 0.433. The second-order valence-corrected chi connectivity index (χ2v) is 5.84. The molecule has 19 heavy (non-hydrogen) atoms. The molecular weight excluding hydrogens is 290 g/mol. The monoisotopic (exact) mass is 297 g/mol. The van der Waals surface area contributed by atoms with Crippen molar-refractivity contribution in [3.05, 3.63) is 28.3 Å². The minimum atomic E-state index is -0.464. The van der Waals surface area contributed by atoms with Crippen LogP contribution in [0, 0.1) is 10.1 Å². The van der Waals surface area contributed by atoms with Crippen LogP contribution in [0.25, 0.3) is 10.2 Å². The number of thiazole rings is 1. The molecule has 98 valence electrons. The molecule has 0 bridgehead atoms. The minimum absolute atomic E-state index is 0.00711. The number of nitro benzene ring substituents is 1. The third-order valence-electron chi connectivity index (χ3n) is 2.88. The molecule has 0 spiro atoms. The number of amides is 1. The number of nitro groups is 1. The van der Waals surface area contributed by atoms with Gasteiger partial charge in [0.15, 0.2) is 5.13 Å². The fraction of sp³-hybridized carbons (Fsp3) is 0.273. The molecule has 1 aromatic carbocycles. The Balaban J connectivity index is 2.02. The predicted molar refractivity (Wildman–Crippen MR) is 72.9 cm³/mol. The Kier molecular flexibility index (Phi) is 2.87. The van der Waals surface area contributed by atoms with Gasteiger partial charge in [0.2, 0.25) is 5.91 Å². The van der Waals surface area contributed by atoms with E-state index < -0.39 is 4.92 Å². The van der Waals surface area contributed by atoms with Crippen molar-refractivity contribution in [3.8, 4) is 0 Å². The highest BCUT2D eigenvalue weighted by atomic mass is 35.5. The zero-order chi connectivity index (χ0) is 13.6. The van der Waals surface area contributed by atoms with Gasteiger partial charge in [0.1, 0.15) is 0 Å². The summed E-state index contributed by atoms with van der Waals surface area (Å²) in [5, 5.41) is 11.0. The Bertz CT molecular complexity index is 687. The quantitative estimate of drug-likeness (QED) is 0.485. The first-order valence-electron chi connectivity index (χ1n) is 5.54. The van der Waals surface area contributed by atoms with Crippen molar-refractivity contribution in [2.45, 2.75) is 11.8 Å². The number of alkyl halides is 1. The molecule has 2 aromatic rings. The zero-order valence-electron chi connectivity index (χ0n) is 9.58. The molecule has 1 saturated heterocycles. The summed E-state index contributed by atoms with van der Waals surface area (Å²) in [5.41, 5.74) is 0.521. The third-order valence-corrected chi connectivity index (χ3v) is 4.23. The van der Waals surface area contributed by atoms with Crippen LogP contribution in [0.2, 0.25) is 0 Å². The Morgan fingerprint density at radius 2 is 2.32 bits per heavy atom. The van der Waals surface area contributed by atoms with E-state index in [0.717, 1.165) is 4.70 Å². The lowest BCUT2D eigenvalue weighted by atomic mass is 10.3. The van der Waals surface area contributed by atoms with E-state index in [1.165, 1.54) is 28.4 Å². The van der Waals surface area contributed by atoms with Gasteiger partial charge in [-0.25, -0.2) is 4.98 Å². The summed E-state index contributed by atoms with van der Waals surface area (Å²) in [5.74, 6) is -0.0615. The largest absolute Gasteiger partial charge is 0.287 e. The molecule has 1 amide bonds. The van der Waals surface area contributed by atoms with Crippen LogP contribution in [-0.4, -0.2) is 27.7 Å². The maximum Gasteiger partial charge on any atom is 0.271 e. The molecule has 1 fully saturated rings. The van der Waals surface area contributed by atoms with Crippen molar-refractivity contribution in [1.29, 1.82) is 0 Å². The van der Waals surface area contributed by atoms with Crippen LogP contribution in [0.15, 0.2) is 18.2 Å². The molecule has 3 rings (SSSR count). The Labute approximate surface area is 116 Å². The van der Waals surface area contributed by atoms with Crippen molar-refractivity contribution in [3.63, 3.8) is 0 Å². The molecule has 1 aliphatic heterocycles. The van der Waals surface area contributed by atoms with Crippen LogP contribution < -0.4 is 4.90 Å². The maximum absolute atomic E-state index is 11.7. The van der Waals surface area contributed by atoms with Gasteiger partial charge in [-0.2, -0.15) is 0 Å². The number of carbonyl (C=O) groups is 1. The van der Waals surface area contributed by atoms with Crippen LogP contribution in [0.3, 0.4) is 0 Å². The van der Waals surface area contributed by atoms with E-state index in [2.05, 4.69) is 4.98 Å². The van der Waals surface area contributed by atoms with E-state index in [4.69, 9.17) is 11.6 Å². The van der Waals surface area contributed by atoms with Crippen LogP contribution in [0.1, 0.15) is 6.42 Å². The van der Waals surface area contributed by atoms with E-state index in [0.29, 0.717) is 23.6 Å². The van der Waals surface area contributed by atoms with Gasteiger partial charge in [0.05, 0.1) is 20.5 Å². The summed E-state index contributed by atoms with van der Waals surface area (Å²) >= 11 is 7.28. The molecule has 0 aliphatic carbocycles. The molecule has 0 N–H and O–H groups in total. The first-order valence-corrected chi connectivity index (χ1v) is 6.79. The average Bonchev–Trinajstić information content (AvgIpc) is 2.90. The number of hydrogen-bond acceptors (Lipinski definition) is 5.